The minimum absolute atomic E-state index is 1.10. The molecule has 0 unspecified atom stereocenters. The number of rotatable bonds is 0. The lowest BCUT2D eigenvalue weighted by Crippen LogP contribution is -1.77. The summed E-state index contributed by atoms with van der Waals surface area (Å²) in [5, 5.41) is 0. The van der Waals surface area contributed by atoms with Crippen molar-refractivity contribution in [1.82, 2.24) is 0 Å². The molecule has 0 fully saturated rings. The average Bonchev–Trinajstić information content (AvgIpc) is 2.68. The fraction of sp³-hybridized carbons (Fsp3) is 0.200. The monoisotopic (exact) mass is 212 g/mol. The van der Waals surface area contributed by atoms with Gasteiger partial charge < -0.3 is 4.74 Å². The number of benzene rings is 2. The first-order chi connectivity index (χ1) is 7.86. The molecule has 0 aliphatic heterocycles. The van der Waals surface area contributed by atoms with Crippen LogP contribution in [0.25, 0.3) is 11.1 Å². The van der Waals surface area contributed by atoms with Crippen molar-refractivity contribution in [2.45, 2.75) is 6.42 Å². The molecule has 0 spiro atoms. The molecule has 0 saturated carbocycles. The first-order valence-corrected chi connectivity index (χ1v) is 5.43. The highest BCUT2D eigenvalue weighted by atomic mass is 16.4. The summed E-state index contributed by atoms with van der Waals surface area (Å²) in [6, 6.07) is 17.3. The van der Waals surface area contributed by atoms with E-state index in [0.29, 0.717) is 0 Å². The maximum atomic E-state index is 4.25. The molecule has 1 aliphatic rings. The van der Waals surface area contributed by atoms with Crippen LogP contribution in [0.5, 0.6) is 0 Å². The molecule has 2 aromatic rings. The molecule has 0 N–H and O–H groups in total. The lowest BCUT2D eigenvalue weighted by atomic mass is 10.1. The van der Waals surface area contributed by atoms with Gasteiger partial charge in [0.05, 0.1) is 0 Å². The van der Waals surface area contributed by atoms with Crippen molar-refractivity contribution >= 4 is 0 Å². The number of ether oxygens (including phenoxy) is 1. The molecule has 2 aromatic carbocycles. The highest BCUT2D eigenvalue weighted by Gasteiger charge is 2.15. The van der Waals surface area contributed by atoms with Crippen LogP contribution in [0.3, 0.4) is 0 Å². The molecule has 16 heavy (non-hydrogen) atoms. The molecule has 1 aliphatic carbocycles. The van der Waals surface area contributed by atoms with Gasteiger partial charge >= 0.3 is 0 Å². The van der Waals surface area contributed by atoms with Gasteiger partial charge in [0.25, 0.3) is 0 Å². The van der Waals surface area contributed by atoms with Crippen LogP contribution in [-0.2, 0) is 11.2 Å². The van der Waals surface area contributed by atoms with E-state index < -0.39 is 0 Å². The van der Waals surface area contributed by atoms with Crippen LogP contribution in [0.1, 0.15) is 11.1 Å². The highest BCUT2D eigenvalue weighted by molar-refractivity contribution is 5.76. The second-order valence-corrected chi connectivity index (χ2v) is 3.90. The zero-order chi connectivity index (χ0) is 11.4. The second kappa shape index (κ2) is 4.95. The Labute approximate surface area is 96.7 Å². The van der Waals surface area contributed by atoms with Crippen molar-refractivity contribution in [2.24, 2.45) is 0 Å². The number of hydrogen-bond acceptors (Lipinski definition) is 1. The summed E-state index contributed by atoms with van der Waals surface area (Å²) in [6.45, 7) is 0. The molecule has 1 heteroatoms. The van der Waals surface area contributed by atoms with Gasteiger partial charge in [-0.2, -0.15) is 0 Å². The highest BCUT2D eigenvalue weighted by Crippen LogP contribution is 2.35. The summed E-state index contributed by atoms with van der Waals surface area (Å²) in [5.41, 5.74) is 5.75. The summed E-state index contributed by atoms with van der Waals surface area (Å²) < 4.78 is 4.25. The van der Waals surface area contributed by atoms with Crippen LogP contribution in [0.2, 0.25) is 0 Å². The largest absolute Gasteiger partial charge is 0.388 e. The third-order valence-electron chi connectivity index (χ3n) is 2.71. The van der Waals surface area contributed by atoms with Crippen LogP contribution >= 0.6 is 0 Å². The van der Waals surface area contributed by atoms with Gasteiger partial charge in [0, 0.05) is 14.2 Å². The van der Waals surface area contributed by atoms with Crippen LogP contribution in [0, 0.1) is 0 Å². The van der Waals surface area contributed by atoms with Gasteiger partial charge in [-0.15, -0.1) is 0 Å². The Balaban J connectivity index is 0.000000292. The first kappa shape index (κ1) is 10.9. The molecule has 0 bridgehead atoms. The fourth-order valence-electron chi connectivity index (χ4n) is 2.08. The summed E-state index contributed by atoms with van der Waals surface area (Å²) in [6.07, 6.45) is 1.10. The van der Waals surface area contributed by atoms with Crippen molar-refractivity contribution in [3.05, 3.63) is 59.7 Å². The maximum Gasteiger partial charge on any atom is 0.0351 e. The predicted octanol–water partition coefficient (Wildman–Crippen LogP) is 3.52. The number of methoxy groups -OCH3 is 1. The zero-order valence-electron chi connectivity index (χ0n) is 9.73. The Morgan fingerprint density at radius 3 is 1.56 bits per heavy atom. The number of fused-ring (bicyclic) bond motifs is 3. The van der Waals surface area contributed by atoms with Gasteiger partial charge in [-0.25, -0.2) is 0 Å². The maximum absolute atomic E-state index is 4.25. The van der Waals surface area contributed by atoms with Crippen LogP contribution in [0.4, 0.5) is 0 Å². The predicted molar refractivity (Wildman–Crippen MR) is 67.6 cm³/mol. The van der Waals surface area contributed by atoms with Crippen molar-refractivity contribution in [3.63, 3.8) is 0 Å². The third-order valence-corrected chi connectivity index (χ3v) is 2.71. The van der Waals surface area contributed by atoms with Crippen molar-refractivity contribution in [3.8, 4) is 11.1 Å². The Morgan fingerprint density at radius 2 is 1.12 bits per heavy atom. The van der Waals surface area contributed by atoms with Gasteiger partial charge in [0.2, 0.25) is 0 Å². The second-order valence-electron chi connectivity index (χ2n) is 3.90. The van der Waals surface area contributed by atoms with Crippen molar-refractivity contribution < 1.29 is 4.74 Å². The van der Waals surface area contributed by atoms with Gasteiger partial charge in [0.1, 0.15) is 0 Å². The standard InChI is InChI=1S/C13H10.C2H6O/c1-3-7-12-10(5-1)9-11-6-2-4-8-13(11)12;1-3-2/h1-8H,9H2;1-2H3. The van der Waals surface area contributed by atoms with Crippen LogP contribution in [0.15, 0.2) is 48.5 Å². The summed E-state index contributed by atoms with van der Waals surface area (Å²) in [4.78, 5) is 0. The average molecular weight is 212 g/mol. The van der Waals surface area contributed by atoms with E-state index in [0.717, 1.165) is 6.42 Å². The van der Waals surface area contributed by atoms with E-state index in [1.165, 1.54) is 22.3 Å². The Hall–Kier alpha value is -1.60. The topological polar surface area (TPSA) is 9.23 Å². The van der Waals surface area contributed by atoms with E-state index in [-0.39, 0.29) is 0 Å². The summed E-state index contributed by atoms with van der Waals surface area (Å²) in [5.74, 6) is 0. The van der Waals surface area contributed by atoms with E-state index in [1.54, 1.807) is 14.2 Å². The smallest absolute Gasteiger partial charge is 0.0351 e. The summed E-state index contributed by atoms with van der Waals surface area (Å²) in [7, 11) is 3.25. The molecule has 3 rings (SSSR count). The van der Waals surface area contributed by atoms with Crippen LogP contribution < -0.4 is 0 Å². The molecule has 0 heterocycles. The SMILES string of the molecule is COC.c1ccc2c(c1)Cc1ccccc1-2. The zero-order valence-corrected chi connectivity index (χ0v) is 9.73. The van der Waals surface area contributed by atoms with Crippen molar-refractivity contribution in [2.75, 3.05) is 14.2 Å². The fourth-order valence-corrected chi connectivity index (χ4v) is 2.08. The van der Waals surface area contributed by atoms with Gasteiger partial charge in [-0.3, -0.25) is 0 Å². The van der Waals surface area contributed by atoms with Crippen LogP contribution in [-0.4, -0.2) is 14.2 Å². The van der Waals surface area contributed by atoms with E-state index in [1.807, 2.05) is 0 Å². The molecule has 0 aromatic heterocycles. The van der Waals surface area contributed by atoms with Gasteiger partial charge in [-0.05, 0) is 28.7 Å². The van der Waals surface area contributed by atoms with E-state index >= 15 is 0 Å². The quantitative estimate of drug-likeness (QED) is 0.554. The van der Waals surface area contributed by atoms with E-state index in [2.05, 4.69) is 53.3 Å². The summed E-state index contributed by atoms with van der Waals surface area (Å²) >= 11 is 0. The lowest BCUT2D eigenvalue weighted by molar-refractivity contribution is 0.277. The third kappa shape index (κ3) is 2.00. The number of hydrogen-bond donors (Lipinski definition) is 0. The Morgan fingerprint density at radius 1 is 0.750 bits per heavy atom. The minimum atomic E-state index is 1.10. The molecular weight excluding hydrogens is 196 g/mol. The molecule has 0 atom stereocenters. The molecule has 82 valence electrons. The molecule has 1 nitrogen and oxygen atoms in total. The lowest BCUT2D eigenvalue weighted by Gasteiger charge is -1.98. The van der Waals surface area contributed by atoms with E-state index in [9.17, 15) is 0 Å². The van der Waals surface area contributed by atoms with Gasteiger partial charge in [-0.1, -0.05) is 48.5 Å². The molecule has 0 saturated heterocycles. The Bertz CT molecular complexity index is 431. The van der Waals surface area contributed by atoms with E-state index in [4.69, 9.17) is 0 Å². The Kier molecular flexibility index (Phi) is 3.37. The van der Waals surface area contributed by atoms with Gasteiger partial charge in [0.15, 0.2) is 0 Å². The minimum Gasteiger partial charge on any atom is -0.388 e. The normalized spacial score (nSPS) is 11.1. The van der Waals surface area contributed by atoms with Crippen molar-refractivity contribution in [1.29, 1.82) is 0 Å². The molecule has 0 amide bonds. The molecule has 0 radical (unpaired) electrons. The molecular formula is C15H16O. The first-order valence-electron chi connectivity index (χ1n) is 5.43.